The Labute approximate surface area is 67.7 Å². The predicted molar refractivity (Wildman–Crippen MR) is 42.3 cm³/mol. The molecule has 0 saturated heterocycles. The smallest absolute Gasteiger partial charge is 0.334 e. The lowest BCUT2D eigenvalue weighted by Crippen LogP contribution is -2.26. The maximum Gasteiger partial charge on any atom is 0.334 e. The molecule has 3 nitrogen and oxygen atoms in total. The average molecular weight is 160 g/mol. The van der Waals surface area contributed by atoms with Crippen LogP contribution in [0, 0.1) is 0 Å². The highest BCUT2D eigenvalue weighted by Crippen LogP contribution is 1.98. The Morgan fingerprint density at radius 3 is 2.27 bits per heavy atom. The summed E-state index contributed by atoms with van der Waals surface area (Å²) in [6.07, 6.45) is -0.385. The quantitative estimate of drug-likeness (QED) is 0.582. The Kier molecular flexibility index (Phi) is 4.86. The molecule has 0 bridgehead atoms. The largest absolute Gasteiger partial charge is 0.464 e. The second-order valence-electron chi connectivity index (χ2n) is 2.58. The van der Waals surface area contributed by atoms with Crippen LogP contribution in [0.15, 0.2) is 0 Å². The maximum absolute atomic E-state index is 10.9. The van der Waals surface area contributed by atoms with Gasteiger partial charge in [0.15, 0.2) is 6.10 Å². The normalized spacial score (nSPS) is 13.2. The molecule has 0 amide bonds. The summed E-state index contributed by atoms with van der Waals surface area (Å²) in [4.78, 5) is 10.9. The number of hydrogen-bond acceptors (Lipinski definition) is 3. The van der Waals surface area contributed by atoms with Crippen molar-refractivity contribution < 1.29 is 14.3 Å². The fourth-order valence-electron chi connectivity index (χ4n) is 0.723. The summed E-state index contributed by atoms with van der Waals surface area (Å²) >= 11 is 0. The summed E-state index contributed by atoms with van der Waals surface area (Å²) in [5.41, 5.74) is 0. The van der Waals surface area contributed by atoms with Gasteiger partial charge >= 0.3 is 5.97 Å². The SMILES string of the molecule is CCOC(=O)[C@H](C)OC(C)C. The minimum absolute atomic E-state index is 0.0643. The van der Waals surface area contributed by atoms with Gasteiger partial charge in [0.2, 0.25) is 0 Å². The number of carbonyl (C=O) groups excluding carboxylic acids is 1. The van der Waals surface area contributed by atoms with Crippen molar-refractivity contribution >= 4 is 5.97 Å². The van der Waals surface area contributed by atoms with Gasteiger partial charge in [-0.1, -0.05) is 0 Å². The van der Waals surface area contributed by atoms with E-state index in [1.54, 1.807) is 13.8 Å². The molecule has 0 fully saturated rings. The van der Waals surface area contributed by atoms with Crippen molar-refractivity contribution in [3.05, 3.63) is 0 Å². The number of rotatable bonds is 4. The van der Waals surface area contributed by atoms with E-state index in [1.165, 1.54) is 0 Å². The summed E-state index contributed by atoms with van der Waals surface area (Å²) in [5.74, 6) is -0.291. The third-order valence-electron chi connectivity index (χ3n) is 1.09. The maximum atomic E-state index is 10.9. The number of ether oxygens (including phenoxy) is 2. The molecule has 0 heterocycles. The highest BCUT2D eigenvalue weighted by atomic mass is 16.6. The number of esters is 1. The van der Waals surface area contributed by atoms with Gasteiger partial charge in [-0.25, -0.2) is 4.79 Å². The van der Waals surface area contributed by atoms with Crippen LogP contribution in [0.25, 0.3) is 0 Å². The first-order chi connectivity index (χ1) is 5.07. The molecule has 0 spiro atoms. The third-order valence-corrected chi connectivity index (χ3v) is 1.09. The lowest BCUT2D eigenvalue weighted by molar-refractivity contribution is -0.157. The van der Waals surface area contributed by atoms with E-state index in [-0.39, 0.29) is 12.1 Å². The van der Waals surface area contributed by atoms with Gasteiger partial charge in [0, 0.05) is 0 Å². The van der Waals surface area contributed by atoms with Crippen LogP contribution in [-0.4, -0.2) is 24.8 Å². The van der Waals surface area contributed by atoms with Gasteiger partial charge < -0.3 is 9.47 Å². The van der Waals surface area contributed by atoms with Gasteiger partial charge in [0.1, 0.15) is 0 Å². The summed E-state index contributed by atoms with van der Waals surface area (Å²) in [5, 5.41) is 0. The minimum Gasteiger partial charge on any atom is -0.464 e. The highest BCUT2D eigenvalue weighted by molar-refractivity contribution is 5.74. The molecule has 0 aromatic heterocycles. The van der Waals surface area contributed by atoms with Gasteiger partial charge in [0.25, 0.3) is 0 Å². The van der Waals surface area contributed by atoms with E-state index in [9.17, 15) is 4.79 Å². The van der Waals surface area contributed by atoms with Crippen LogP contribution in [0.5, 0.6) is 0 Å². The van der Waals surface area contributed by atoms with E-state index in [0.29, 0.717) is 6.61 Å². The van der Waals surface area contributed by atoms with E-state index in [4.69, 9.17) is 9.47 Å². The Bertz CT molecular complexity index is 121. The number of hydrogen-bond donors (Lipinski definition) is 0. The van der Waals surface area contributed by atoms with Gasteiger partial charge in [0.05, 0.1) is 12.7 Å². The molecule has 0 aliphatic rings. The molecule has 0 aromatic rings. The van der Waals surface area contributed by atoms with Crippen molar-refractivity contribution in [3.63, 3.8) is 0 Å². The van der Waals surface area contributed by atoms with Crippen molar-refractivity contribution in [1.29, 1.82) is 0 Å². The monoisotopic (exact) mass is 160 g/mol. The molecule has 0 aromatic carbocycles. The zero-order valence-electron chi connectivity index (χ0n) is 7.59. The minimum atomic E-state index is -0.449. The van der Waals surface area contributed by atoms with E-state index in [0.717, 1.165) is 0 Å². The average Bonchev–Trinajstić information content (AvgIpc) is 1.86. The lowest BCUT2D eigenvalue weighted by Gasteiger charge is -2.13. The summed E-state index contributed by atoms with van der Waals surface area (Å²) in [6.45, 7) is 7.65. The highest BCUT2D eigenvalue weighted by Gasteiger charge is 2.14. The van der Waals surface area contributed by atoms with Crippen LogP contribution in [0.2, 0.25) is 0 Å². The zero-order valence-corrected chi connectivity index (χ0v) is 7.59. The zero-order chi connectivity index (χ0) is 8.85. The van der Waals surface area contributed by atoms with Crippen LogP contribution in [0.3, 0.4) is 0 Å². The van der Waals surface area contributed by atoms with Gasteiger partial charge in [-0.3, -0.25) is 0 Å². The van der Waals surface area contributed by atoms with Crippen LogP contribution in [-0.2, 0) is 14.3 Å². The lowest BCUT2D eigenvalue weighted by atomic mass is 10.4. The predicted octanol–water partition coefficient (Wildman–Crippen LogP) is 1.36. The molecule has 0 radical (unpaired) electrons. The molecule has 0 aliphatic heterocycles. The van der Waals surface area contributed by atoms with Crippen LogP contribution < -0.4 is 0 Å². The first kappa shape index (κ1) is 10.4. The van der Waals surface area contributed by atoms with E-state index < -0.39 is 6.10 Å². The van der Waals surface area contributed by atoms with Gasteiger partial charge in [-0.15, -0.1) is 0 Å². The van der Waals surface area contributed by atoms with Crippen molar-refractivity contribution in [2.75, 3.05) is 6.61 Å². The molecule has 0 N–H and O–H groups in total. The second-order valence-corrected chi connectivity index (χ2v) is 2.58. The van der Waals surface area contributed by atoms with Gasteiger partial charge in [-0.2, -0.15) is 0 Å². The van der Waals surface area contributed by atoms with Crippen LogP contribution in [0.1, 0.15) is 27.7 Å². The molecular formula is C8H16O3. The summed E-state index contributed by atoms with van der Waals surface area (Å²) in [7, 11) is 0. The van der Waals surface area contributed by atoms with Crippen molar-refractivity contribution in [2.24, 2.45) is 0 Å². The molecule has 0 saturated carbocycles. The van der Waals surface area contributed by atoms with Crippen molar-refractivity contribution in [2.45, 2.75) is 39.9 Å². The first-order valence-corrected chi connectivity index (χ1v) is 3.90. The Morgan fingerprint density at radius 1 is 1.36 bits per heavy atom. The van der Waals surface area contributed by atoms with E-state index >= 15 is 0 Å². The van der Waals surface area contributed by atoms with Crippen molar-refractivity contribution in [3.8, 4) is 0 Å². The first-order valence-electron chi connectivity index (χ1n) is 3.90. The third kappa shape index (κ3) is 4.79. The van der Waals surface area contributed by atoms with Gasteiger partial charge in [-0.05, 0) is 27.7 Å². The molecule has 11 heavy (non-hydrogen) atoms. The molecule has 0 aliphatic carbocycles. The van der Waals surface area contributed by atoms with E-state index in [1.807, 2.05) is 13.8 Å². The standard InChI is InChI=1S/C8H16O3/c1-5-10-8(9)7(4)11-6(2)3/h6-7H,5H2,1-4H3/t7-/m0/s1. The van der Waals surface area contributed by atoms with Crippen molar-refractivity contribution in [1.82, 2.24) is 0 Å². The van der Waals surface area contributed by atoms with Crippen LogP contribution in [0.4, 0.5) is 0 Å². The molecule has 0 rings (SSSR count). The molecule has 0 unspecified atom stereocenters. The number of carbonyl (C=O) groups is 1. The molecular weight excluding hydrogens is 144 g/mol. The Morgan fingerprint density at radius 2 is 1.91 bits per heavy atom. The summed E-state index contributed by atoms with van der Waals surface area (Å²) in [6, 6.07) is 0. The van der Waals surface area contributed by atoms with Crippen LogP contribution >= 0.6 is 0 Å². The Balaban J connectivity index is 3.64. The summed E-state index contributed by atoms with van der Waals surface area (Å²) < 4.78 is 9.93. The molecule has 1 atom stereocenters. The Hall–Kier alpha value is -0.570. The second kappa shape index (κ2) is 5.13. The molecule has 3 heteroatoms. The molecule has 66 valence electrons. The topological polar surface area (TPSA) is 35.5 Å². The fourth-order valence-corrected chi connectivity index (χ4v) is 0.723. The fraction of sp³-hybridized carbons (Fsp3) is 0.875. The van der Waals surface area contributed by atoms with E-state index in [2.05, 4.69) is 0 Å².